The van der Waals surface area contributed by atoms with Crippen LogP contribution in [0.4, 0.5) is 5.69 Å². The fraction of sp³-hybridized carbons (Fsp3) is 0.125. The number of anilines is 1. The SMILES string of the molecule is Cc1cccc(Cl)c1OCC(=O)Nc1ccccc1C(=O)O. The van der Waals surface area contributed by atoms with Crippen molar-refractivity contribution < 1.29 is 19.4 Å². The van der Waals surface area contributed by atoms with Gasteiger partial charge < -0.3 is 15.2 Å². The molecule has 0 spiro atoms. The Balaban J connectivity index is 2.04. The van der Waals surface area contributed by atoms with Crippen molar-refractivity contribution >= 4 is 29.2 Å². The number of benzene rings is 2. The lowest BCUT2D eigenvalue weighted by molar-refractivity contribution is -0.118. The molecule has 0 fully saturated rings. The van der Waals surface area contributed by atoms with Crippen LogP contribution in [0.25, 0.3) is 0 Å². The molecule has 0 saturated carbocycles. The summed E-state index contributed by atoms with van der Waals surface area (Å²) >= 11 is 6.01. The smallest absolute Gasteiger partial charge is 0.337 e. The molecule has 2 N–H and O–H groups in total. The third kappa shape index (κ3) is 3.77. The van der Waals surface area contributed by atoms with Gasteiger partial charge in [0.05, 0.1) is 16.3 Å². The molecule has 0 aromatic heterocycles. The molecule has 114 valence electrons. The topological polar surface area (TPSA) is 75.6 Å². The largest absolute Gasteiger partial charge is 0.482 e. The lowest BCUT2D eigenvalue weighted by Crippen LogP contribution is -2.21. The summed E-state index contributed by atoms with van der Waals surface area (Å²) in [6.45, 7) is 1.55. The lowest BCUT2D eigenvalue weighted by atomic mass is 10.2. The average molecular weight is 320 g/mol. The molecule has 1 amide bonds. The van der Waals surface area contributed by atoms with Crippen LogP contribution in [0.2, 0.25) is 5.02 Å². The van der Waals surface area contributed by atoms with E-state index < -0.39 is 11.9 Å². The monoisotopic (exact) mass is 319 g/mol. The molecule has 2 aromatic carbocycles. The number of ether oxygens (including phenoxy) is 1. The maximum atomic E-state index is 11.9. The molecule has 0 unspecified atom stereocenters. The molecule has 0 atom stereocenters. The van der Waals surface area contributed by atoms with Crippen LogP contribution < -0.4 is 10.1 Å². The van der Waals surface area contributed by atoms with E-state index >= 15 is 0 Å². The number of hydrogen-bond acceptors (Lipinski definition) is 3. The number of nitrogens with one attached hydrogen (secondary N) is 1. The van der Waals surface area contributed by atoms with Gasteiger partial charge in [-0.1, -0.05) is 35.9 Å². The molecule has 0 heterocycles. The van der Waals surface area contributed by atoms with Crippen LogP contribution >= 0.6 is 11.6 Å². The fourth-order valence-corrected chi connectivity index (χ4v) is 2.18. The summed E-state index contributed by atoms with van der Waals surface area (Å²) in [4.78, 5) is 23.0. The summed E-state index contributed by atoms with van der Waals surface area (Å²) < 4.78 is 5.41. The van der Waals surface area contributed by atoms with Gasteiger partial charge in [0.2, 0.25) is 0 Å². The van der Waals surface area contributed by atoms with Gasteiger partial charge in [-0.15, -0.1) is 0 Å². The van der Waals surface area contributed by atoms with Crippen molar-refractivity contribution in [1.29, 1.82) is 0 Å². The van der Waals surface area contributed by atoms with Gasteiger partial charge in [-0.2, -0.15) is 0 Å². The van der Waals surface area contributed by atoms with E-state index in [9.17, 15) is 9.59 Å². The van der Waals surface area contributed by atoms with Gasteiger partial charge in [0.15, 0.2) is 6.61 Å². The number of carbonyl (C=O) groups excluding carboxylic acids is 1. The van der Waals surface area contributed by atoms with Gasteiger partial charge in [0.25, 0.3) is 5.91 Å². The number of amides is 1. The van der Waals surface area contributed by atoms with Gasteiger partial charge >= 0.3 is 5.97 Å². The van der Waals surface area contributed by atoms with E-state index in [0.29, 0.717) is 10.8 Å². The minimum atomic E-state index is -1.11. The van der Waals surface area contributed by atoms with Gasteiger partial charge in [-0.25, -0.2) is 4.79 Å². The molecule has 22 heavy (non-hydrogen) atoms. The number of hydrogen-bond donors (Lipinski definition) is 2. The first kappa shape index (κ1) is 15.9. The van der Waals surface area contributed by atoms with Crippen molar-refractivity contribution in [3.8, 4) is 5.75 Å². The second-order valence-electron chi connectivity index (χ2n) is 4.57. The molecular weight excluding hydrogens is 306 g/mol. The second kappa shape index (κ2) is 6.95. The number of aromatic carboxylic acids is 1. The molecule has 5 nitrogen and oxygen atoms in total. The highest BCUT2D eigenvalue weighted by atomic mass is 35.5. The minimum absolute atomic E-state index is 0.0183. The Bertz CT molecular complexity index is 695. The summed E-state index contributed by atoms with van der Waals surface area (Å²) in [5, 5.41) is 12.0. The highest BCUT2D eigenvalue weighted by Gasteiger charge is 2.13. The minimum Gasteiger partial charge on any atom is -0.482 e. The number of aryl methyl sites for hydroxylation is 1. The van der Waals surface area contributed by atoms with Crippen molar-refractivity contribution in [2.24, 2.45) is 0 Å². The maximum Gasteiger partial charge on any atom is 0.337 e. The van der Waals surface area contributed by atoms with E-state index in [1.54, 1.807) is 24.3 Å². The Morgan fingerprint density at radius 1 is 1.18 bits per heavy atom. The van der Waals surface area contributed by atoms with Crippen LogP contribution in [0.5, 0.6) is 5.75 Å². The lowest BCUT2D eigenvalue weighted by Gasteiger charge is -2.12. The predicted octanol–water partition coefficient (Wildman–Crippen LogP) is 3.36. The number of rotatable bonds is 5. The summed E-state index contributed by atoms with van der Waals surface area (Å²) in [7, 11) is 0. The average Bonchev–Trinajstić information content (AvgIpc) is 2.47. The molecule has 0 bridgehead atoms. The molecule has 6 heteroatoms. The van der Waals surface area contributed by atoms with Crippen molar-refractivity contribution in [2.45, 2.75) is 6.92 Å². The molecule has 0 aliphatic rings. The Morgan fingerprint density at radius 3 is 2.59 bits per heavy atom. The van der Waals surface area contributed by atoms with Crippen molar-refractivity contribution in [2.75, 3.05) is 11.9 Å². The van der Waals surface area contributed by atoms with E-state index in [4.69, 9.17) is 21.4 Å². The summed E-state index contributed by atoms with van der Waals surface area (Å²) in [6, 6.07) is 11.4. The molecule has 0 saturated heterocycles. The maximum absolute atomic E-state index is 11.9. The van der Waals surface area contributed by atoms with Crippen LogP contribution in [0.1, 0.15) is 15.9 Å². The van der Waals surface area contributed by atoms with Crippen LogP contribution in [-0.4, -0.2) is 23.6 Å². The fourth-order valence-electron chi connectivity index (χ4n) is 1.90. The zero-order valence-electron chi connectivity index (χ0n) is 11.8. The van der Waals surface area contributed by atoms with Crippen LogP contribution in [0.3, 0.4) is 0 Å². The van der Waals surface area contributed by atoms with Crippen molar-refractivity contribution in [3.05, 3.63) is 58.6 Å². The number of para-hydroxylation sites is 2. The van der Waals surface area contributed by atoms with Crippen molar-refractivity contribution in [1.82, 2.24) is 0 Å². The first-order chi connectivity index (χ1) is 10.5. The predicted molar refractivity (Wildman–Crippen MR) is 83.7 cm³/mol. The van der Waals surface area contributed by atoms with E-state index in [1.165, 1.54) is 12.1 Å². The molecule has 0 aliphatic heterocycles. The van der Waals surface area contributed by atoms with Gasteiger partial charge in [0.1, 0.15) is 5.75 Å². The molecule has 0 aliphatic carbocycles. The van der Waals surface area contributed by atoms with Crippen LogP contribution in [-0.2, 0) is 4.79 Å². The Labute approximate surface area is 132 Å². The Morgan fingerprint density at radius 2 is 1.91 bits per heavy atom. The third-order valence-electron chi connectivity index (χ3n) is 2.94. The van der Waals surface area contributed by atoms with E-state index in [1.807, 2.05) is 13.0 Å². The van der Waals surface area contributed by atoms with E-state index in [2.05, 4.69) is 5.32 Å². The highest BCUT2D eigenvalue weighted by molar-refractivity contribution is 6.32. The Kier molecular flexibility index (Phi) is 5.01. The zero-order chi connectivity index (χ0) is 16.1. The van der Waals surface area contributed by atoms with Gasteiger partial charge in [-0.05, 0) is 30.7 Å². The second-order valence-corrected chi connectivity index (χ2v) is 4.98. The van der Waals surface area contributed by atoms with Crippen LogP contribution in [0.15, 0.2) is 42.5 Å². The van der Waals surface area contributed by atoms with E-state index in [-0.39, 0.29) is 17.9 Å². The molecule has 2 rings (SSSR count). The first-order valence-corrected chi connectivity index (χ1v) is 6.87. The molecule has 0 radical (unpaired) electrons. The first-order valence-electron chi connectivity index (χ1n) is 6.49. The van der Waals surface area contributed by atoms with Crippen LogP contribution in [0, 0.1) is 6.92 Å². The summed E-state index contributed by atoms with van der Waals surface area (Å²) in [6.07, 6.45) is 0. The zero-order valence-corrected chi connectivity index (χ0v) is 12.6. The molecule has 2 aromatic rings. The quantitative estimate of drug-likeness (QED) is 0.886. The highest BCUT2D eigenvalue weighted by Crippen LogP contribution is 2.27. The van der Waals surface area contributed by atoms with Gasteiger partial charge in [-0.3, -0.25) is 4.79 Å². The van der Waals surface area contributed by atoms with Gasteiger partial charge in [0, 0.05) is 0 Å². The number of halogens is 1. The summed E-state index contributed by atoms with van der Waals surface area (Å²) in [5.74, 6) is -1.14. The Hall–Kier alpha value is -2.53. The number of carboxylic acids is 1. The normalized spacial score (nSPS) is 10.1. The van der Waals surface area contributed by atoms with Crippen molar-refractivity contribution in [3.63, 3.8) is 0 Å². The number of carboxylic acid groups (broad SMARTS) is 1. The standard InChI is InChI=1S/C16H14ClNO4/c1-10-5-4-7-12(17)15(10)22-9-14(19)18-13-8-3-2-6-11(13)16(20)21/h2-8H,9H2,1H3,(H,18,19)(H,20,21). The third-order valence-corrected chi connectivity index (χ3v) is 3.24. The number of carbonyl (C=O) groups is 2. The van der Waals surface area contributed by atoms with E-state index in [0.717, 1.165) is 5.56 Å². The summed E-state index contributed by atoms with van der Waals surface area (Å²) in [5.41, 5.74) is 1.05. The molecular formula is C16H14ClNO4.